The molecule has 112 valence electrons. The number of rotatable bonds is 3. The number of ether oxygens (including phenoxy) is 1. The van der Waals surface area contributed by atoms with E-state index in [1.807, 2.05) is 20.8 Å². The predicted molar refractivity (Wildman–Crippen MR) is 82.7 cm³/mol. The third-order valence-corrected chi connectivity index (χ3v) is 3.24. The number of aromatic nitrogens is 2. The van der Waals surface area contributed by atoms with Crippen LogP contribution in [0.4, 0.5) is 10.2 Å². The molecule has 0 aliphatic rings. The quantitative estimate of drug-likeness (QED) is 0.648. The van der Waals surface area contributed by atoms with E-state index in [0.717, 1.165) is 0 Å². The SMILES string of the molecule is CC(C)(C)c1nc(NN)cc(Oc2ccc(F)c(Br)c2)n1. The zero-order valence-corrected chi connectivity index (χ0v) is 13.5. The van der Waals surface area contributed by atoms with Crippen molar-refractivity contribution in [3.8, 4) is 11.6 Å². The topological polar surface area (TPSA) is 73.1 Å². The Morgan fingerprint density at radius 2 is 1.95 bits per heavy atom. The lowest BCUT2D eigenvalue weighted by atomic mass is 9.96. The van der Waals surface area contributed by atoms with Crippen LogP contribution in [0, 0.1) is 5.82 Å². The van der Waals surface area contributed by atoms with Gasteiger partial charge in [0.2, 0.25) is 5.88 Å². The number of hydrogen-bond acceptors (Lipinski definition) is 5. The summed E-state index contributed by atoms with van der Waals surface area (Å²) in [5, 5.41) is 0. The Hall–Kier alpha value is -1.73. The minimum absolute atomic E-state index is 0.256. The van der Waals surface area contributed by atoms with Crippen molar-refractivity contribution < 1.29 is 9.13 Å². The minimum atomic E-state index is -0.357. The van der Waals surface area contributed by atoms with Crippen LogP contribution in [0.5, 0.6) is 11.6 Å². The molecule has 0 fully saturated rings. The molecule has 1 aromatic carbocycles. The van der Waals surface area contributed by atoms with E-state index in [9.17, 15) is 4.39 Å². The molecule has 0 amide bonds. The molecule has 7 heteroatoms. The fourth-order valence-corrected chi connectivity index (χ4v) is 1.91. The highest BCUT2D eigenvalue weighted by Crippen LogP contribution is 2.28. The average molecular weight is 355 g/mol. The molecule has 2 rings (SSSR count). The van der Waals surface area contributed by atoms with Gasteiger partial charge in [-0.05, 0) is 34.1 Å². The molecule has 2 aromatic rings. The molecular weight excluding hydrogens is 339 g/mol. The van der Waals surface area contributed by atoms with Crippen LogP contribution in [0.25, 0.3) is 0 Å². The number of benzene rings is 1. The second kappa shape index (κ2) is 5.95. The maximum Gasteiger partial charge on any atom is 0.224 e. The largest absolute Gasteiger partial charge is 0.439 e. The van der Waals surface area contributed by atoms with E-state index in [-0.39, 0.29) is 11.2 Å². The molecule has 0 saturated heterocycles. The summed E-state index contributed by atoms with van der Waals surface area (Å²) in [6.45, 7) is 5.96. The molecule has 0 aliphatic heterocycles. The van der Waals surface area contributed by atoms with Crippen molar-refractivity contribution in [3.63, 3.8) is 0 Å². The van der Waals surface area contributed by atoms with E-state index < -0.39 is 0 Å². The van der Waals surface area contributed by atoms with E-state index in [1.54, 1.807) is 6.07 Å². The van der Waals surface area contributed by atoms with Gasteiger partial charge in [-0.15, -0.1) is 0 Å². The first kappa shape index (κ1) is 15.7. The number of hydrogen-bond donors (Lipinski definition) is 2. The van der Waals surface area contributed by atoms with Crippen LogP contribution in [-0.4, -0.2) is 9.97 Å². The van der Waals surface area contributed by atoms with Gasteiger partial charge in [-0.25, -0.2) is 15.2 Å². The molecule has 0 unspecified atom stereocenters. The van der Waals surface area contributed by atoms with Crippen LogP contribution in [-0.2, 0) is 5.41 Å². The number of nitrogen functional groups attached to an aromatic ring is 1. The Bertz CT molecular complexity index is 658. The highest BCUT2D eigenvalue weighted by molar-refractivity contribution is 9.10. The first-order valence-corrected chi connectivity index (χ1v) is 7.08. The molecule has 0 spiro atoms. The number of anilines is 1. The lowest BCUT2D eigenvalue weighted by Gasteiger charge is -2.18. The van der Waals surface area contributed by atoms with Gasteiger partial charge in [0.25, 0.3) is 0 Å². The first-order chi connectivity index (χ1) is 9.79. The summed E-state index contributed by atoms with van der Waals surface area (Å²) in [5.74, 6) is 6.90. The van der Waals surface area contributed by atoms with E-state index in [2.05, 4.69) is 31.3 Å². The third kappa shape index (κ3) is 3.89. The van der Waals surface area contributed by atoms with Crippen LogP contribution >= 0.6 is 15.9 Å². The highest BCUT2D eigenvalue weighted by atomic mass is 79.9. The van der Waals surface area contributed by atoms with Gasteiger partial charge in [0.05, 0.1) is 4.47 Å². The Labute approximate surface area is 130 Å². The summed E-state index contributed by atoms with van der Waals surface area (Å²) < 4.78 is 19.2. The van der Waals surface area contributed by atoms with Crippen LogP contribution in [0.15, 0.2) is 28.7 Å². The fourth-order valence-electron chi connectivity index (χ4n) is 1.55. The van der Waals surface area contributed by atoms with Gasteiger partial charge in [0, 0.05) is 11.5 Å². The second-order valence-corrected chi connectivity index (χ2v) is 6.34. The minimum Gasteiger partial charge on any atom is -0.439 e. The lowest BCUT2D eigenvalue weighted by Crippen LogP contribution is -2.19. The molecule has 0 bridgehead atoms. The van der Waals surface area contributed by atoms with Crippen molar-refractivity contribution >= 4 is 21.7 Å². The standard InChI is InChI=1S/C14H16BrFN4O/c1-14(2,3)13-18-11(20-17)7-12(19-13)21-8-4-5-10(16)9(15)6-8/h4-7H,17H2,1-3H3,(H,18,19,20). The Balaban J connectivity index is 2.36. The normalized spacial score (nSPS) is 11.3. The number of hydrazine groups is 1. The van der Waals surface area contributed by atoms with Crippen molar-refractivity contribution in [1.82, 2.24) is 9.97 Å². The maximum absolute atomic E-state index is 13.2. The Morgan fingerprint density at radius 1 is 1.24 bits per heavy atom. The average Bonchev–Trinajstić information content (AvgIpc) is 2.41. The van der Waals surface area contributed by atoms with Crippen LogP contribution in [0.3, 0.4) is 0 Å². The van der Waals surface area contributed by atoms with Crippen molar-refractivity contribution in [2.24, 2.45) is 5.84 Å². The fraction of sp³-hybridized carbons (Fsp3) is 0.286. The number of nitrogens with one attached hydrogen (secondary N) is 1. The van der Waals surface area contributed by atoms with Crippen molar-refractivity contribution in [3.05, 3.63) is 40.4 Å². The van der Waals surface area contributed by atoms with Crippen LogP contribution in [0.1, 0.15) is 26.6 Å². The third-order valence-electron chi connectivity index (χ3n) is 2.63. The number of nitrogens with two attached hydrogens (primary N) is 1. The van der Waals surface area contributed by atoms with E-state index in [4.69, 9.17) is 10.6 Å². The van der Waals surface area contributed by atoms with Gasteiger partial charge in [-0.2, -0.15) is 4.98 Å². The van der Waals surface area contributed by atoms with E-state index in [1.165, 1.54) is 18.2 Å². The van der Waals surface area contributed by atoms with E-state index in [0.29, 0.717) is 27.7 Å². The zero-order chi connectivity index (χ0) is 15.6. The molecule has 0 atom stereocenters. The lowest BCUT2D eigenvalue weighted by molar-refractivity contribution is 0.445. The molecule has 21 heavy (non-hydrogen) atoms. The van der Waals surface area contributed by atoms with Gasteiger partial charge < -0.3 is 10.2 Å². The molecule has 1 aromatic heterocycles. The zero-order valence-electron chi connectivity index (χ0n) is 11.9. The molecule has 0 saturated carbocycles. The summed E-state index contributed by atoms with van der Waals surface area (Å²) in [6.07, 6.45) is 0. The Morgan fingerprint density at radius 3 is 2.52 bits per heavy atom. The summed E-state index contributed by atoms with van der Waals surface area (Å²) in [4.78, 5) is 8.66. The van der Waals surface area contributed by atoms with Gasteiger partial charge in [0.1, 0.15) is 23.2 Å². The first-order valence-electron chi connectivity index (χ1n) is 6.28. The second-order valence-electron chi connectivity index (χ2n) is 5.49. The maximum atomic E-state index is 13.2. The van der Waals surface area contributed by atoms with Crippen LogP contribution in [0.2, 0.25) is 0 Å². The van der Waals surface area contributed by atoms with Crippen LogP contribution < -0.4 is 16.0 Å². The van der Waals surface area contributed by atoms with Gasteiger partial charge in [-0.1, -0.05) is 20.8 Å². The van der Waals surface area contributed by atoms with Crippen molar-refractivity contribution in [1.29, 1.82) is 0 Å². The summed E-state index contributed by atoms with van der Waals surface area (Å²) in [6, 6.07) is 5.94. The number of nitrogens with zero attached hydrogens (tertiary/aromatic N) is 2. The monoisotopic (exact) mass is 354 g/mol. The summed E-state index contributed by atoms with van der Waals surface area (Å²) >= 11 is 3.11. The molecule has 0 aliphatic carbocycles. The molecular formula is C14H16BrFN4O. The summed E-state index contributed by atoms with van der Waals surface area (Å²) in [7, 11) is 0. The highest BCUT2D eigenvalue weighted by Gasteiger charge is 2.19. The van der Waals surface area contributed by atoms with Gasteiger partial charge >= 0.3 is 0 Å². The van der Waals surface area contributed by atoms with Crippen molar-refractivity contribution in [2.75, 3.05) is 5.43 Å². The van der Waals surface area contributed by atoms with E-state index >= 15 is 0 Å². The predicted octanol–water partition coefficient (Wildman–Crippen LogP) is 3.75. The molecule has 5 nitrogen and oxygen atoms in total. The smallest absolute Gasteiger partial charge is 0.224 e. The van der Waals surface area contributed by atoms with Crippen molar-refractivity contribution in [2.45, 2.75) is 26.2 Å². The molecule has 3 N–H and O–H groups in total. The van der Waals surface area contributed by atoms with Gasteiger partial charge in [-0.3, -0.25) is 0 Å². The molecule has 1 heterocycles. The Kier molecular flexibility index (Phi) is 4.43. The van der Waals surface area contributed by atoms with Gasteiger partial charge in [0.15, 0.2) is 0 Å². The number of halogens is 2. The molecule has 0 radical (unpaired) electrons. The summed E-state index contributed by atoms with van der Waals surface area (Å²) in [5.41, 5.74) is 2.23.